The lowest BCUT2D eigenvalue weighted by Crippen LogP contribution is -2.08. The first kappa shape index (κ1) is 11.1. The summed E-state index contributed by atoms with van der Waals surface area (Å²) in [6.07, 6.45) is 0. The van der Waals surface area contributed by atoms with Crippen molar-refractivity contribution in [3.05, 3.63) is 35.6 Å². The molecule has 78 valence electrons. The lowest BCUT2D eigenvalue weighted by atomic mass is 10.2. The molecule has 0 N–H and O–H groups in total. The summed E-state index contributed by atoms with van der Waals surface area (Å²) < 4.78 is 39.5. The molecule has 0 heterocycles. The third kappa shape index (κ3) is 3.08. The number of hydrogen-bond acceptors (Lipinski definition) is 3. The van der Waals surface area contributed by atoms with Crippen molar-refractivity contribution in [3.8, 4) is 0 Å². The topological polar surface area (TPSA) is 43.4 Å². The van der Waals surface area contributed by atoms with E-state index in [4.69, 9.17) is 0 Å². The van der Waals surface area contributed by atoms with Crippen LogP contribution in [-0.4, -0.2) is 14.2 Å². The SMILES string of the molecule is CCS(=O)(=O)OCc1ccccc1F. The van der Waals surface area contributed by atoms with Crippen LogP contribution in [0.5, 0.6) is 0 Å². The predicted octanol–water partition coefficient (Wildman–Crippen LogP) is 1.69. The Morgan fingerprint density at radius 3 is 2.57 bits per heavy atom. The van der Waals surface area contributed by atoms with E-state index in [0.717, 1.165) is 0 Å². The Morgan fingerprint density at radius 1 is 1.36 bits per heavy atom. The second kappa shape index (κ2) is 4.52. The Morgan fingerprint density at radius 2 is 2.00 bits per heavy atom. The summed E-state index contributed by atoms with van der Waals surface area (Å²) in [7, 11) is -3.50. The van der Waals surface area contributed by atoms with Crippen LogP contribution in [-0.2, 0) is 20.9 Å². The van der Waals surface area contributed by atoms with E-state index in [1.165, 1.54) is 25.1 Å². The standard InChI is InChI=1S/C9H11FO3S/c1-2-14(11,12)13-7-8-5-3-4-6-9(8)10/h3-6H,2,7H2,1H3. The van der Waals surface area contributed by atoms with E-state index >= 15 is 0 Å². The summed E-state index contributed by atoms with van der Waals surface area (Å²) in [5.41, 5.74) is 0.240. The molecular weight excluding hydrogens is 207 g/mol. The third-order valence-electron chi connectivity index (χ3n) is 1.71. The zero-order valence-corrected chi connectivity index (χ0v) is 8.55. The van der Waals surface area contributed by atoms with E-state index in [9.17, 15) is 12.8 Å². The maximum absolute atomic E-state index is 13.0. The van der Waals surface area contributed by atoms with E-state index in [1.807, 2.05) is 0 Å². The number of hydrogen-bond donors (Lipinski definition) is 0. The van der Waals surface area contributed by atoms with Crippen LogP contribution in [0.1, 0.15) is 12.5 Å². The Bertz CT molecular complexity index is 400. The highest BCUT2D eigenvalue weighted by Gasteiger charge is 2.09. The summed E-state index contributed by atoms with van der Waals surface area (Å²) in [4.78, 5) is 0. The fraction of sp³-hybridized carbons (Fsp3) is 0.333. The molecule has 0 spiro atoms. The fourth-order valence-corrected chi connectivity index (χ4v) is 1.33. The smallest absolute Gasteiger partial charge is 0.265 e. The number of rotatable bonds is 4. The quantitative estimate of drug-likeness (QED) is 0.722. The Kier molecular flexibility index (Phi) is 3.60. The predicted molar refractivity (Wildman–Crippen MR) is 50.6 cm³/mol. The van der Waals surface area contributed by atoms with Crippen LogP contribution in [0.2, 0.25) is 0 Å². The lowest BCUT2D eigenvalue weighted by molar-refractivity contribution is 0.303. The van der Waals surface area contributed by atoms with Gasteiger partial charge in [-0.05, 0) is 13.0 Å². The molecule has 0 aliphatic rings. The summed E-state index contributed by atoms with van der Waals surface area (Å²) in [6.45, 7) is 1.22. The van der Waals surface area contributed by atoms with Crippen molar-refractivity contribution in [2.45, 2.75) is 13.5 Å². The molecule has 0 saturated carbocycles. The average Bonchev–Trinajstić information content (AvgIpc) is 2.17. The molecule has 0 amide bonds. The van der Waals surface area contributed by atoms with E-state index in [2.05, 4.69) is 4.18 Å². The first-order chi connectivity index (χ1) is 6.55. The molecule has 0 atom stereocenters. The highest BCUT2D eigenvalue weighted by Crippen LogP contribution is 2.09. The fourth-order valence-electron chi connectivity index (χ4n) is 0.852. The van der Waals surface area contributed by atoms with Crippen LogP contribution in [0.15, 0.2) is 24.3 Å². The molecule has 0 aromatic heterocycles. The van der Waals surface area contributed by atoms with Crippen LogP contribution in [0.4, 0.5) is 4.39 Å². The molecule has 0 radical (unpaired) electrons. The van der Waals surface area contributed by atoms with Crippen molar-refractivity contribution in [1.82, 2.24) is 0 Å². The molecule has 0 aliphatic heterocycles. The second-order valence-corrected chi connectivity index (χ2v) is 4.63. The molecule has 0 saturated heterocycles. The van der Waals surface area contributed by atoms with Crippen molar-refractivity contribution >= 4 is 10.1 Å². The van der Waals surface area contributed by atoms with Gasteiger partial charge in [-0.25, -0.2) is 4.39 Å². The first-order valence-electron chi connectivity index (χ1n) is 4.15. The van der Waals surface area contributed by atoms with Crippen LogP contribution in [0.25, 0.3) is 0 Å². The van der Waals surface area contributed by atoms with Gasteiger partial charge in [-0.3, -0.25) is 4.18 Å². The zero-order chi connectivity index (χ0) is 10.6. The van der Waals surface area contributed by atoms with Gasteiger partial charge in [-0.2, -0.15) is 8.42 Å². The first-order valence-corrected chi connectivity index (χ1v) is 5.73. The number of benzene rings is 1. The van der Waals surface area contributed by atoms with Gasteiger partial charge < -0.3 is 0 Å². The van der Waals surface area contributed by atoms with Crippen LogP contribution < -0.4 is 0 Å². The minimum absolute atomic E-state index is 0.110. The van der Waals surface area contributed by atoms with Crippen molar-refractivity contribution in [2.75, 3.05) is 5.75 Å². The molecule has 1 rings (SSSR count). The van der Waals surface area contributed by atoms with E-state index in [0.29, 0.717) is 0 Å². The van der Waals surface area contributed by atoms with Gasteiger partial charge in [-0.15, -0.1) is 0 Å². The molecule has 14 heavy (non-hydrogen) atoms. The summed E-state index contributed by atoms with van der Waals surface area (Å²) >= 11 is 0. The highest BCUT2D eigenvalue weighted by molar-refractivity contribution is 7.86. The molecule has 3 nitrogen and oxygen atoms in total. The van der Waals surface area contributed by atoms with Gasteiger partial charge in [0.2, 0.25) is 0 Å². The van der Waals surface area contributed by atoms with Gasteiger partial charge >= 0.3 is 0 Å². The molecule has 5 heteroatoms. The van der Waals surface area contributed by atoms with Gasteiger partial charge in [0.15, 0.2) is 0 Å². The van der Waals surface area contributed by atoms with Crippen LogP contribution in [0, 0.1) is 5.82 Å². The Balaban J connectivity index is 2.68. The van der Waals surface area contributed by atoms with Gasteiger partial charge in [0.05, 0.1) is 12.4 Å². The van der Waals surface area contributed by atoms with Crippen molar-refractivity contribution in [1.29, 1.82) is 0 Å². The maximum atomic E-state index is 13.0. The van der Waals surface area contributed by atoms with Gasteiger partial charge in [-0.1, -0.05) is 18.2 Å². The zero-order valence-electron chi connectivity index (χ0n) is 7.73. The van der Waals surface area contributed by atoms with Crippen molar-refractivity contribution in [3.63, 3.8) is 0 Å². The lowest BCUT2D eigenvalue weighted by Gasteiger charge is -2.03. The third-order valence-corrected chi connectivity index (χ3v) is 2.89. The highest BCUT2D eigenvalue weighted by atomic mass is 32.2. The van der Waals surface area contributed by atoms with Gasteiger partial charge in [0, 0.05) is 5.56 Å². The van der Waals surface area contributed by atoms with E-state index in [1.54, 1.807) is 6.07 Å². The maximum Gasteiger partial charge on any atom is 0.267 e. The molecular formula is C9H11FO3S. The molecule has 0 fully saturated rings. The molecule has 0 unspecified atom stereocenters. The van der Waals surface area contributed by atoms with E-state index < -0.39 is 15.9 Å². The minimum atomic E-state index is -3.50. The molecule has 1 aromatic rings. The van der Waals surface area contributed by atoms with Crippen LogP contribution in [0.3, 0.4) is 0 Å². The summed E-state index contributed by atoms with van der Waals surface area (Å²) in [5, 5.41) is 0. The van der Waals surface area contributed by atoms with Gasteiger partial charge in [0.1, 0.15) is 5.82 Å². The summed E-state index contributed by atoms with van der Waals surface area (Å²) in [5.74, 6) is -0.569. The largest absolute Gasteiger partial charge is 0.267 e. The molecule has 1 aromatic carbocycles. The van der Waals surface area contributed by atoms with Crippen molar-refractivity contribution < 1.29 is 17.0 Å². The molecule has 0 aliphatic carbocycles. The van der Waals surface area contributed by atoms with E-state index in [-0.39, 0.29) is 17.9 Å². The second-order valence-electron chi connectivity index (χ2n) is 2.70. The average molecular weight is 218 g/mol. The monoisotopic (exact) mass is 218 g/mol. The Labute approximate surface area is 82.6 Å². The Hall–Kier alpha value is -0.940. The minimum Gasteiger partial charge on any atom is -0.265 e. The summed E-state index contributed by atoms with van der Waals surface area (Å²) in [6, 6.07) is 5.91. The van der Waals surface area contributed by atoms with Crippen LogP contribution >= 0.6 is 0 Å². The van der Waals surface area contributed by atoms with Gasteiger partial charge in [0.25, 0.3) is 10.1 Å². The normalized spacial score (nSPS) is 11.6. The molecule has 0 bridgehead atoms. The van der Waals surface area contributed by atoms with Crippen molar-refractivity contribution in [2.24, 2.45) is 0 Å². The number of halogens is 1.